The zero-order chi connectivity index (χ0) is 24.4. The van der Waals surface area contributed by atoms with Gasteiger partial charge in [-0.1, -0.05) is 29.8 Å². The Hall–Kier alpha value is -3.84. The molecular formula is C28H23NO6. The number of nitrogens with zero attached hydrogens (tertiary/aromatic N) is 1. The smallest absolute Gasteiger partial charge is 0.238 e. The molecule has 7 nitrogen and oxygen atoms in total. The second-order valence-corrected chi connectivity index (χ2v) is 9.54. The van der Waals surface area contributed by atoms with Gasteiger partial charge in [0.15, 0.2) is 11.6 Å². The zero-order valence-electron chi connectivity index (χ0n) is 19.1. The highest BCUT2D eigenvalue weighted by molar-refractivity contribution is 6.25. The Bertz CT molecular complexity index is 1390. The topological polar surface area (TPSA) is 105 Å². The quantitative estimate of drug-likeness (QED) is 0.420. The first-order chi connectivity index (χ1) is 16.9. The van der Waals surface area contributed by atoms with Crippen LogP contribution in [0.4, 0.5) is 5.69 Å². The molecular weight excluding hydrogens is 446 g/mol. The van der Waals surface area contributed by atoms with Gasteiger partial charge in [0.1, 0.15) is 18.1 Å². The Balaban J connectivity index is 1.48. The summed E-state index contributed by atoms with van der Waals surface area (Å²) in [6, 6.07) is 12.2. The van der Waals surface area contributed by atoms with Crippen molar-refractivity contribution in [3.63, 3.8) is 0 Å². The molecule has 0 bridgehead atoms. The van der Waals surface area contributed by atoms with E-state index in [1.165, 1.54) is 11.0 Å². The summed E-state index contributed by atoms with van der Waals surface area (Å²) in [6.45, 7) is 1.33. The van der Waals surface area contributed by atoms with Gasteiger partial charge < -0.3 is 9.52 Å². The molecule has 6 rings (SSSR count). The van der Waals surface area contributed by atoms with E-state index in [1.807, 2.05) is 12.1 Å². The van der Waals surface area contributed by atoms with Crippen LogP contribution in [0.2, 0.25) is 0 Å². The number of aliphatic hydroxyl groups is 1. The number of anilines is 1. The number of furan rings is 1. The van der Waals surface area contributed by atoms with E-state index in [4.69, 9.17) is 4.42 Å². The minimum atomic E-state index is -0.640. The maximum atomic E-state index is 13.7. The number of aliphatic hydroxyl groups excluding tert-OH is 1. The first kappa shape index (κ1) is 21.7. The van der Waals surface area contributed by atoms with Crippen LogP contribution in [0.25, 0.3) is 0 Å². The predicted molar refractivity (Wildman–Crippen MR) is 125 cm³/mol. The summed E-state index contributed by atoms with van der Waals surface area (Å²) in [5.74, 6) is -2.36. The molecule has 176 valence electrons. The molecule has 1 aromatic carbocycles. The second kappa shape index (κ2) is 7.85. The van der Waals surface area contributed by atoms with Crippen molar-refractivity contribution >= 4 is 29.1 Å². The molecule has 2 aromatic rings. The molecule has 4 atom stereocenters. The number of carbonyl (C=O) groups excluding carboxylic acids is 4. The predicted octanol–water partition coefficient (Wildman–Crippen LogP) is 3.41. The molecule has 0 unspecified atom stereocenters. The standard InChI is InChI=1S/C28H23NO6/c1-14-11-21(31)20-12-19-17(24(25(20)26(14)32)22-10-7-16(13-30)35-22)8-9-18-23(19)28(34)29(27(18)33)15-5-3-2-4-6-15/h2-8,10-11,18-19,23-24,30H,9,12-13H2,1H3/t18-,19+,23-,24+/m0/s1. The van der Waals surface area contributed by atoms with E-state index in [9.17, 15) is 24.3 Å². The third kappa shape index (κ3) is 3.08. The lowest BCUT2D eigenvalue weighted by Gasteiger charge is -2.41. The van der Waals surface area contributed by atoms with Crippen molar-refractivity contribution in [1.82, 2.24) is 0 Å². The Morgan fingerprint density at radius 2 is 1.77 bits per heavy atom. The monoisotopic (exact) mass is 469 g/mol. The van der Waals surface area contributed by atoms with Gasteiger partial charge in [0.2, 0.25) is 11.8 Å². The molecule has 35 heavy (non-hydrogen) atoms. The van der Waals surface area contributed by atoms with Gasteiger partial charge in [-0.15, -0.1) is 0 Å². The molecule has 1 aromatic heterocycles. The number of benzene rings is 1. The summed E-state index contributed by atoms with van der Waals surface area (Å²) in [5, 5.41) is 9.54. The van der Waals surface area contributed by atoms with Crippen LogP contribution in [0.5, 0.6) is 0 Å². The summed E-state index contributed by atoms with van der Waals surface area (Å²) in [4.78, 5) is 54.7. The largest absolute Gasteiger partial charge is 0.463 e. The Kier molecular flexibility index (Phi) is 4.86. The lowest BCUT2D eigenvalue weighted by molar-refractivity contribution is -0.123. The molecule has 0 saturated carbocycles. The number of para-hydroxylation sites is 1. The first-order valence-corrected chi connectivity index (χ1v) is 11.7. The van der Waals surface area contributed by atoms with Crippen molar-refractivity contribution in [3.05, 3.63) is 88.4 Å². The number of hydrogen-bond donors (Lipinski definition) is 1. The van der Waals surface area contributed by atoms with Crippen LogP contribution in [-0.2, 0) is 25.8 Å². The van der Waals surface area contributed by atoms with E-state index < -0.39 is 23.7 Å². The first-order valence-electron chi connectivity index (χ1n) is 11.7. The average molecular weight is 469 g/mol. The molecule has 1 saturated heterocycles. The molecule has 0 spiro atoms. The lowest BCUT2D eigenvalue weighted by atomic mass is 9.60. The molecule has 0 radical (unpaired) electrons. The van der Waals surface area contributed by atoms with Crippen molar-refractivity contribution < 1.29 is 28.7 Å². The Morgan fingerprint density at radius 1 is 1.00 bits per heavy atom. The number of rotatable bonds is 3. The average Bonchev–Trinajstić information content (AvgIpc) is 3.44. The van der Waals surface area contributed by atoms with Gasteiger partial charge in [-0.05, 0) is 56.0 Å². The number of fused-ring (bicyclic) bond motifs is 3. The van der Waals surface area contributed by atoms with Crippen LogP contribution >= 0.6 is 0 Å². The molecule has 1 fully saturated rings. The normalized spacial score (nSPS) is 28.0. The van der Waals surface area contributed by atoms with Gasteiger partial charge in [-0.2, -0.15) is 0 Å². The molecule has 4 aliphatic rings. The summed E-state index contributed by atoms with van der Waals surface area (Å²) >= 11 is 0. The Labute approximate surface area is 201 Å². The number of Topliss-reactive ketones (excluding diaryl/α,β-unsaturated/α-hetero) is 1. The molecule has 7 heteroatoms. The fourth-order valence-corrected chi connectivity index (χ4v) is 6.15. The van der Waals surface area contributed by atoms with Crippen LogP contribution in [0, 0.1) is 17.8 Å². The lowest BCUT2D eigenvalue weighted by Crippen LogP contribution is -2.39. The van der Waals surface area contributed by atoms with Gasteiger partial charge in [0.05, 0.1) is 23.4 Å². The number of allylic oxidation sites excluding steroid dienone is 6. The Morgan fingerprint density at radius 3 is 2.49 bits per heavy atom. The van der Waals surface area contributed by atoms with E-state index in [-0.39, 0.29) is 36.4 Å². The number of carbonyl (C=O) groups is 4. The van der Waals surface area contributed by atoms with Crippen molar-refractivity contribution in [1.29, 1.82) is 0 Å². The van der Waals surface area contributed by atoms with Crippen molar-refractivity contribution in [3.8, 4) is 0 Å². The highest BCUT2D eigenvalue weighted by atomic mass is 16.4. The van der Waals surface area contributed by atoms with Crippen molar-refractivity contribution in [2.45, 2.75) is 32.3 Å². The van der Waals surface area contributed by atoms with Gasteiger partial charge in [-0.3, -0.25) is 24.1 Å². The summed E-state index contributed by atoms with van der Waals surface area (Å²) in [6.07, 6.45) is 3.90. The van der Waals surface area contributed by atoms with E-state index in [0.29, 0.717) is 40.3 Å². The zero-order valence-corrected chi connectivity index (χ0v) is 19.1. The molecule has 2 amide bonds. The highest BCUT2D eigenvalue weighted by Crippen LogP contribution is 2.55. The third-order valence-electron chi connectivity index (χ3n) is 7.70. The molecule has 1 aliphatic heterocycles. The second-order valence-electron chi connectivity index (χ2n) is 9.54. The maximum absolute atomic E-state index is 13.7. The number of ketones is 2. The van der Waals surface area contributed by atoms with Crippen LogP contribution < -0.4 is 4.90 Å². The molecule has 2 heterocycles. The number of hydrogen-bond acceptors (Lipinski definition) is 6. The minimum Gasteiger partial charge on any atom is -0.463 e. The number of amides is 2. The van der Waals surface area contributed by atoms with Gasteiger partial charge in [0.25, 0.3) is 0 Å². The van der Waals surface area contributed by atoms with Gasteiger partial charge >= 0.3 is 0 Å². The van der Waals surface area contributed by atoms with Crippen LogP contribution in [0.1, 0.15) is 37.2 Å². The fourth-order valence-electron chi connectivity index (χ4n) is 6.15. The third-order valence-corrected chi connectivity index (χ3v) is 7.70. The van der Waals surface area contributed by atoms with E-state index >= 15 is 0 Å². The van der Waals surface area contributed by atoms with E-state index in [0.717, 1.165) is 5.57 Å². The fraction of sp³-hybridized carbons (Fsp3) is 0.286. The van der Waals surface area contributed by atoms with Gasteiger partial charge in [0, 0.05) is 16.7 Å². The van der Waals surface area contributed by atoms with Crippen molar-refractivity contribution in [2.24, 2.45) is 17.8 Å². The summed E-state index contributed by atoms with van der Waals surface area (Å²) in [5.41, 5.74) is 2.49. The van der Waals surface area contributed by atoms with Gasteiger partial charge in [-0.25, -0.2) is 0 Å². The molecule has 1 N–H and O–H groups in total. The molecule has 3 aliphatic carbocycles. The van der Waals surface area contributed by atoms with Crippen molar-refractivity contribution in [2.75, 3.05) is 4.90 Å². The van der Waals surface area contributed by atoms with Crippen LogP contribution in [0.15, 0.2) is 81.3 Å². The van der Waals surface area contributed by atoms with E-state index in [1.54, 1.807) is 43.3 Å². The maximum Gasteiger partial charge on any atom is 0.238 e. The SMILES string of the molecule is CC1=CC(=O)C2=C(C1=O)[C@@H](c1ccc(CO)o1)C1=CC[C@@H]3C(=O)N(c4ccccc4)C(=O)[C@@H]3[C@@H]1C2. The minimum absolute atomic E-state index is 0.215. The number of imide groups is 1. The highest BCUT2D eigenvalue weighted by Gasteiger charge is 2.57. The summed E-state index contributed by atoms with van der Waals surface area (Å²) in [7, 11) is 0. The van der Waals surface area contributed by atoms with Crippen LogP contribution in [0.3, 0.4) is 0 Å². The summed E-state index contributed by atoms with van der Waals surface area (Å²) < 4.78 is 5.87. The van der Waals surface area contributed by atoms with E-state index in [2.05, 4.69) is 0 Å². The van der Waals surface area contributed by atoms with Crippen LogP contribution in [-0.4, -0.2) is 28.5 Å².